The highest BCUT2D eigenvalue weighted by Crippen LogP contribution is 2.43. The molecule has 3 heterocycles. The lowest BCUT2D eigenvalue weighted by Crippen LogP contribution is -2.04. The molecule has 22 heavy (non-hydrogen) atoms. The molecule has 0 saturated heterocycles. The standard InChI is InChI=1S/C16H11FN4S/c17-14(11-2-1-5-18-9-11)10-3-4-13-12(8-10)21-15-16(22-13)20-7-6-19-15/h1-9,14H,(H,19,21). The molecule has 4 rings (SSSR count). The summed E-state index contributed by atoms with van der Waals surface area (Å²) in [6.45, 7) is 0. The number of anilines is 2. The first-order valence-corrected chi connectivity index (χ1v) is 7.57. The first kappa shape index (κ1) is 13.2. The Morgan fingerprint density at radius 3 is 2.82 bits per heavy atom. The third-order valence-electron chi connectivity index (χ3n) is 3.40. The van der Waals surface area contributed by atoms with Gasteiger partial charge in [-0.05, 0) is 23.8 Å². The van der Waals surface area contributed by atoms with E-state index in [1.165, 1.54) is 11.8 Å². The van der Waals surface area contributed by atoms with Gasteiger partial charge >= 0.3 is 0 Å². The van der Waals surface area contributed by atoms with Gasteiger partial charge in [-0.1, -0.05) is 23.9 Å². The number of hydrogen-bond donors (Lipinski definition) is 1. The van der Waals surface area contributed by atoms with Crippen molar-refractivity contribution in [3.8, 4) is 0 Å². The summed E-state index contributed by atoms with van der Waals surface area (Å²) in [5.74, 6) is 0.703. The molecule has 1 atom stereocenters. The molecule has 1 aliphatic rings. The first-order valence-electron chi connectivity index (χ1n) is 6.75. The maximum atomic E-state index is 14.6. The molecule has 1 aromatic carbocycles. The van der Waals surface area contributed by atoms with Gasteiger partial charge in [0.1, 0.15) is 5.03 Å². The van der Waals surface area contributed by atoms with Crippen LogP contribution in [0.4, 0.5) is 15.9 Å². The fraction of sp³-hybridized carbons (Fsp3) is 0.0625. The molecular weight excluding hydrogens is 299 g/mol. The average molecular weight is 310 g/mol. The van der Waals surface area contributed by atoms with Gasteiger partial charge < -0.3 is 5.32 Å². The summed E-state index contributed by atoms with van der Waals surface area (Å²) in [5.41, 5.74) is 1.99. The lowest BCUT2D eigenvalue weighted by molar-refractivity contribution is 0.401. The number of nitrogens with one attached hydrogen (secondary N) is 1. The van der Waals surface area contributed by atoms with Crippen LogP contribution in [0.3, 0.4) is 0 Å². The summed E-state index contributed by atoms with van der Waals surface area (Å²) in [6, 6.07) is 8.99. The Morgan fingerprint density at radius 2 is 1.95 bits per heavy atom. The molecule has 0 radical (unpaired) electrons. The molecule has 1 unspecified atom stereocenters. The van der Waals surface area contributed by atoms with E-state index in [9.17, 15) is 4.39 Å². The third-order valence-corrected chi connectivity index (χ3v) is 4.47. The van der Waals surface area contributed by atoms with Gasteiger partial charge in [0.25, 0.3) is 0 Å². The summed E-state index contributed by atoms with van der Waals surface area (Å²) < 4.78 is 14.6. The van der Waals surface area contributed by atoms with Crippen LogP contribution in [0.15, 0.2) is 65.0 Å². The minimum atomic E-state index is -1.20. The summed E-state index contributed by atoms with van der Waals surface area (Å²) in [6.07, 6.45) is 5.28. The van der Waals surface area contributed by atoms with Crippen LogP contribution in [0.1, 0.15) is 17.3 Å². The van der Waals surface area contributed by atoms with Gasteiger partial charge in [0.15, 0.2) is 12.0 Å². The summed E-state index contributed by atoms with van der Waals surface area (Å²) in [7, 11) is 0. The van der Waals surface area contributed by atoms with Crippen LogP contribution in [0.5, 0.6) is 0 Å². The number of halogens is 1. The third kappa shape index (κ3) is 2.31. The minimum Gasteiger partial charge on any atom is -0.337 e. The molecule has 1 N–H and O–H groups in total. The Bertz CT molecular complexity index is 825. The van der Waals surface area contributed by atoms with Gasteiger partial charge in [-0.15, -0.1) is 0 Å². The van der Waals surface area contributed by atoms with Crippen LogP contribution < -0.4 is 5.32 Å². The second-order valence-corrected chi connectivity index (χ2v) is 5.87. The molecule has 4 nitrogen and oxygen atoms in total. The smallest absolute Gasteiger partial charge is 0.163 e. The number of benzene rings is 1. The Kier molecular flexibility index (Phi) is 3.23. The molecule has 0 spiro atoms. The molecule has 0 amide bonds. The number of hydrogen-bond acceptors (Lipinski definition) is 5. The largest absolute Gasteiger partial charge is 0.337 e. The van der Waals surface area contributed by atoms with Crippen LogP contribution in [0.2, 0.25) is 0 Å². The van der Waals surface area contributed by atoms with Gasteiger partial charge in [0, 0.05) is 35.2 Å². The van der Waals surface area contributed by atoms with Crippen molar-refractivity contribution in [3.63, 3.8) is 0 Å². The Balaban J connectivity index is 1.69. The van der Waals surface area contributed by atoms with Gasteiger partial charge in [0.2, 0.25) is 0 Å². The predicted octanol–water partition coefficient (Wildman–Crippen LogP) is 4.14. The van der Waals surface area contributed by atoms with Crippen LogP contribution in [0, 0.1) is 0 Å². The second-order valence-electron chi connectivity index (χ2n) is 4.84. The van der Waals surface area contributed by atoms with Crippen molar-refractivity contribution >= 4 is 23.3 Å². The predicted molar refractivity (Wildman–Crippen MR) is 83.1 cm³/mol. The molecule has 108 valence electrons. The van der Waals surface area contributed by atoms with Gasteiger partial charge in [-0.2, -0.15) is 0 Å². The molecule has 2 aromatic heterocycles. The zero-order chi connectivity index (χ0) is 14.9. The SMILES string of the molecule is FC(c1cccnc1)c1ccc2c(c1)Nc1nccnc1S2. The first-order chi connectivity index (χ1) is 10.8. The lowest BCUT2D eigenvalue weighted by atomic mass is 10.0. The molecule has 6 heteroatoms. The van der Waals surface area contributed by atoms with E-state index in [0.717, 1.165) is 15.6 Å². The van der Waals surface area contributed by atoms with Crippen LogP contribution in [-0.4, -0.2) is 15.0 Å². The molecule has 1 aliphatic heterocycles. The number of pyridine rings is 1. The van der Waals surface area contributed by atoms with Crippen molar-refractivity contribution in [2.24, 2.45) is 0 Å². The van der Waals surface area contributed by atoms with Crippen LogP contribution >= 0.6 is 11.8 Å². The highest BCUT2D eigenvalue weighted by Gasteiger charge is 2.20. The van der Waals surface area contributed by atoms with Crippen molar-refractivity contribution in [1.82, 2.24) is 15.0 Å². The van der Waals surface area contributed by atoms with Gasteiger partial charge in [-0.25, -0.2) is 14.4 Å². The average Bonchev–Trinajstić information content (AvgIpc) is 2.59. The zero-order valence-electron chi connectivity index (χ0n) is 11.4. The van der Waals surface area contributed by atoms with E-state index in [2.05, 4.69) is 20.3 Å². The normalized spacial score (nSPS) is 13.7. The zero-order valence-corrected chi connectivity index (χ0v) is 12.2. The summed E-state index contributed by atoms with van der Waals surface area (Å²) >= 11 is 1.53. The number of alkyl halides is 1. The Morgan fingerprint density at radius 1 is 1.05 bits per heavy atom. The highest BCUT2D eigenvalue weighted by molar-refractivity contribution is 7.99. The lowest BCUT2D eigenvalue weighted by Gasteiger charge is -2.20. The fourth-order valence-electron chi connectivity index (χ4n) is 2.33. The molecule has 3 aromatic rings. The van der Waals surface area contributed by atoms with Crippen LogP contribution in [-0.2, 0) is 0 Å². The van der Waals surface area contributed by atoms with Crippen molar-refractivity contribution in [1.29, 1.82) is 0 Å². The van der Waals surface area contributed by atoms with E-state index in [1.54, 1.807) is 43.0 Å². The quantitative estimate of drug-likeness (QED) is 0.603. The number of fused-ring (bicyclic) bond motifs is 2. The Labute approximate surface area is 130 Å². The molecule has 0 fully saturated rings. The maximum Gasteiger partial charge on any atom is 0.163 e. The van der Waals surface area contributed by atoms with E-state index >= 15 is 0 Å². The fourth-order valence-corrected chi connectivity index (χ4v) is 3.21. The summed E-state index contributed by atoms with van der Waals surface area (Å²) in [5, 5.41) is 4.04. The van der Waals surface area contributed by atoms with Gasteiger partial charge in [0.05, 0.1) is 5.69 Å². The van der Waals surface area contributed by atoms with Crippen LogP contribution in [0.25, 0.3) is 0 Å². The monoisotopic (exact) mass is 310 g/mol. The van der Waals surface area contributed by atoms with Crippen molar-refractivity contribution in [2.45, 2.75) is 16.1 Å². The number of aromatic nitrogens is 3. The number of nitrogens with zero attached hydrogens (tertiary/aromatic N) is 3. The van der Waals surface area contributed by atoms with E-state index in [1.807, 2.05) is 12.1 Å². The van der Waals surface area contributed by atoms with Crippen molar-refractivity contribution in [3.05, 3.63) is 66.2 Å². The highest BCUT2D eigenvalue weighted by atomic mass is 32.2. The topological polar surface area (TPSA) is 50.7 Å². The molecular formula is C16H11FN4S. The van der Waals surface area contributed by atoms with E-state index in [4.69, 9.17) is 0 Å². The number of rotatable bonds is 2. The molecule has 0 saturated carbocycles. The molecule has 0 bridgehead atoms. The second kappa shape index (κ2) is 5.38. The Hall–Kier alpha value is -2.47. The molecule has 0 aliphatic carbocycles. The summed E-state index contributed by atoms with van der Waals surface area (Å²) in [4.78, 5) is 13.5. The van der Waals surface area contributed by atoms with E-state index < -0.39 is 6.17 Å². The maximum absolute atomic E-state index is 14.6. The van der Waals surface area contributed by atoms with Crippen molar-refractivity contribution < 1.29 is 4.39 Å². The van der Waals surface area contributed by atoms with E-state index in [0.29, 0.717) is 16.9 Å². The van der Waals surface area contributed by atoms with Gasteiger partial charge in [-0.3, -0.25) is 4.98 Å². The van der Waals surface area contributed by atoms with Crippen molar-refractivity contribution in [2.75, 3.05) is 5.32 Å². The van der Waals surface area contributed by atoms with E-state index in [-0.39, 0.29) is 0 Å². The minimum absolute atomic E-state index is 0.547.